The van der Waals surface area contributed by atoms with Crippen molar-refractivity contribution in [3.05, 3.63) is 11.6 Å². The first-order valence-corrected chi connectivity index (χ1v) is 10.4. The smallest absolute Gasteiger partial charge is 0.190 e. The molecule has 5 nitrogen and oxygen atoms in total. The molecule has 0 aliphatic heterocycles. The molecular weight excluding hydrogens is 363 g/mol. The van der Waals surface area contributed by atoms with E-state index in [0.29, 0.717) is 38.5 Å². The second kappa shape index (κ2) is 6.19. The highest BCUT2D eigenvalue weighted by atomic mass is 19.1. The van der Waals surface area contributed by atoms with Gasteiger partial charge in [0.1, 0.15) is 17.9 Å². The van der Waals surface area contributed by atoms with Gasteiger partial charge in [-0.05, 0) is 50.5 Å². The first kappa shape index (κ1) is 20.2. The minimum atomic E-state index is -1.83. The minimum Gasteiger partial charge on any atom is -0.390 e. The van der Waals surface area contributed by atoms with Crippen molar-refractivity contribution in [1.29, 1.82) is 0 Å². The molecular formula is C22H31FO5. The maximum atomic E-state index is 16.9. The fraction of sp³-hybridized carbons (Fsp3) is 0.818. The van der Waals surface area contributed by atoms with Gasteiger partial charge in [0, 0.05) is 30.3 Å². The molecule has 0 aromatic carbocycles. The van der Waals surface area contributed by atoms with E-state index in [-0.39, 0.29) is 23.9 Å². The van der Waals surface area contributed by atoms with E-state index in [1.807, 2.05) is 13.8 Å². The van der Waals surface area contributed by atoms with Crippen LogP contribution in [0.3, 0.4) is 0 Å². The first-order chi connectivity index (χ1) is 13.1. The van der Waals surface area contributed by atoms with Gasteiger partial charge < -0.3 is 14.9 Å². The number of ether oxygens (including phenoxy) is 1. The molecule has 0 aromatic heterocycles. The number of methoxy groups -OCH3 is 1. The Bertz CT molecular complexity index is 749. The van der Waals surface area contributed by atoms with Gasteiger partial charge in [-0.3, -0.25) is 9.59 Å². The number of allylic oxidation sites excluding steroid dienone is 1. The molecule has 4 rings (SSSR count). The van der Waals surface area contributed by atoms with E-state index >= 15 is 4.39 Å². The minimum absolute atomic E-state index is 0.0393. The van der Waals surface area contributed by atoms with Crippen LogP contribution in [0, 0.1) is 22.7 Å². The summed E-state index contributed by atoms with van der Waals surface area (Å²) in [5.41, 5.74) is -3.78. The molecule has 0 radical (unpaired) electrons. The molecule has 0 aromatic rings. The molecule has 7 atom stereocenters. The fourth-order valence-corrected chi connectivity index (χ4v) is 7.59. The van der Waals surface area contributed by atoms with E-state index in [0.717, 1.165) is 5.57 Å². The number of hydrogen-bond acceptors (Lipinski definition) is 5. The molecule has 156 valence electrons. The molecule has 2 N–H and O–H groups in total. The van der Waals surface area contributed by atoms with Crippen molar-refractivity contribution in [2.45, 2.75) is 76.2 Å². The maximum absolute atomic E-state index is 16.9. The lowest BCUT2D eigenvalue weighted by Crippen LogP contribution is -2.69. The third kappa shape index (κ3) is 2.12. The Labute approximate surface area is 165 Å². The monoisotopic (exact) mass is 394 g/mol. The third-order valence-corrected chi connectivity index (χ3v) is 9.10. The predicted molar refractivity (Wildman–Crippen MR) is 100 cm³/mol. The van der Waals surface area contributed by atoms with Crippen molar-refractivity contribution in [1.82, 2.24) is 0 Å². The Morgan fingerprint density at radius 1 is 1.25 bits per heavy atom. The number of aliphatic hydroxyl groups is 2. The van der Waals surface area contributed by atoms with E-state index in [1.165, 1.54) is 7.11 Å². The van der Waals surface area contributed by atoms with Crippen molar-refractivity contribution < 1.29 is 28.9 Å². The summed E-state index contributed by atoms with van der Waals surface area (Å²) in [5, 5.41) is 20.8. The van der Waals surface area contributed by atoms with Gasteiger partial charge in [-0.25, -0.2) is 4.39 Å². The van der Waals surface area contributed by atoms with E-state index in [9.17, 15) is 19.8 Å². The van der Waals surface area contributed by atoms with Gasteiger partial charge in [0.2, 0.25) is 0 Å². The summed E-state index contributed by atoms with van der Waals surface area (Å²) in [7, 11) is 1.47. The standard InChI is InChI=1S/C22H31FO5/c1-19-8-6-14(25)10-13(19)4-5-16-15-7-9-21(28-3,18(27)12-24)20(15,2)11-17(26)22(16,19)23/h10,15-17,24,26H,4-9,11-12H2,1-3H3/t15-,16-,17-,19-,20-,21-,22-/m0/s1. The van der Waals surface area contributed by atoms with Crippen LogP contribution in [0.1, 0.15) is 58.8 Å². The second-order valence-corrected chi connectivity index (χ2v) is 9.78. The topological polar surface area (TPSA) is 83.8 Å². The number of fused-ring (bicyclic) bond motifs is 5. The number of carbonyl (C=O) groups excluding carboxylic acids is 2. The van der Waals surface area contributed by atoms with E-state index in [4.69, 9.17) is 4.74 Å². The quantitative estimate of drug-likeness (QED) is 0.769. The van der Waals surface area contributed by atoms with Crippen LogP contribution in [-0.2, 0) is 14.3 Å². The molecule has 3 saturated carbocycles. The molecule has 4 aliphatic rings. The summed E-state index contributed by atoms with van der Waals surface area (Å²) in [6.45, 7) is 3.16. The van der Waals surface area contributed by atoms with E-state index < -0.39 is 40.7 Å². The number of hydrogen-bond donors (Lipinski definition) is 2. The highest BCUT2D eigenvalue weighted by molar-refractivity contribution is 5.92. The van der Waals surface area contributed by atoms with Gasteiger partial charge >= 0.3 is 0 Å². The van der Waals surface area contributed by atoms with Crippen molar-refractivity contribution in [3.63, 3.8) is 0 Å². The van der Waals surface area contributed by atoms with Gasteiger partial charge in [-0.1, -0.05) is 19.4 Å². The van der Waals surface area contributed by atoms with Crippen LogP contribution in [0.4, 0.5) is 4.39 Å². The zero-order valence-corrected chi connectivity index (χ0v) is 17.0. The SMILES string of the molecule is CO[C@]1(C(=O)CO)CC[C@H]2[C@@H]3CCC4=CC(=O)CC[C@]4(C)[C@@]3(F)[C@@H](O)C[C@@]21C. The molecule has 0 amide bonds. The average Bonchev–Trinajstić information content (AvgIpc) is 2.96. The molecule has 0 saturated heterocycles. The maximum Gasteiger partial charge on any atom is 0.190 e. The lowest BCUT2D eigenvalue weighted by molar-refractivity contribution is -0.230. The van der Waals surface area contributed by atoms with Crippen LogP contribution in [0.2, 0.25) is 0 Å². The zero-order valence-electron chi connectivity index (χ0n) is 17.0. The van der Waals surface area contributed by atoms with Gasteiger partial charge in [0.05, 0.1) is 6.10 Å². The van der Waals surface area contributed by atoms with E-state index in [1.54, 1.807) is 6.08 Å². The highest BCUT2D eigenvalue weighted by Gasteiger charge is 2.74. The summed E-state index contributed by atoms with van der Waals surface area (Å²) < 4.78 is 22.7. The van der Waals surface area contributed by atoms with Gasteiger partial charge in [-0.2, -0.15) is 0 Å². The summed E-state index contributed by atoms with van der Waals surface area (Å²) >= 11 is 0. The number of ketones is 2. The largest absolute Gasteiger partial charge is 0.390 e. The van der Waals surface area contributed by atoms with Crippen molar-refractivity contribution in [3.8, 4) is 0 Å². The lowest BCUT2D eigenvalue weighted by atomic mass is 9.44. The molecule has 0 spiro atoms. The summed E-state index contributed by atoms with van der Waals surface area (Å²) in [6.07, 6.45) is 3.44. The fourth-order valence-electron chi connectivity index (χ4n) is 7.59. The van der Waals surface area contributed by atoms with Gasteiger partial charge in [0.15, 0.2) is 11.6 Å². The number of Topliss-reactive ketones (excluding diaryl/α,β-unsaturated/α-hetero) is 1. The predicted octanol–water partition coefficient (Wildman–Crippen LogP) is 2.53. The molecule has 3 fully saturated rings. The van der Waals surface area contributed by atoms with Gasteiger partial charge in [-0.15, -0.1) is 0 Å². The van der Waals surface area contributed by atoms with E-state index in [2.05, 4.69) is 0 Å². The zero-order chi connectivity index (χ0) is 20.5. The number of rotatable bonds is 3. The normalized spacial score (nSPS) is 50.4. The molecule has 6 heteroatoms. The van der Waals surface area contributed by atoms with Crippen LogP contribution in [0.25, 0.3) is 0 Å². The van der Waals surface area contributed by atoms with Crippen LogP contribution >= 0.6 is 0 Å². The van der Waals surface area contributed by atoms with Crippen LogP contribution in [0.15, 0.2) is 11.6 Å². The first-order valence-electron chi connectivity index (χ1n) is 10.4. The van der Waals surface area contributed by atoms with Crippen LogP contribution in [0.5, 0.6) is 0 Å². The Hall–Kier alpha value is -1.11. The third-order valence-electron chi connectivity index (χ3n) is 9.10. The Balaban J connectivity index is 1.81. The second-order valence-electron chi connectivity index (χ2n) is 9.78. The Morgan fingerprint density at radius 2 is 1.96 bits per heavy atom. The number of aliphatic hydroxyl groups excluding tert-OH is 2. The molecule has 0 unspecified atom stereocenters. The number of carbonyl (C=O) groups is 2. The van der Waals surface area contributed by atoms with Crippen LogP contribution < -0.4 is 0 Å². The highest BCUT2D eigenvalue weighted by Crippen LogP contribution is 2.70. The molecule has 28 heavy (non-hydrogen) atoms. The molecule has 4 aliphatic carbocycles. The molecule has 0 bridgehead atoms. The Kier molecular flexibility index (Phi) is 4.46. The van der Waals surface area contributed by atoms with Crippen molar-refractivity contribution in [2.75, 3.05) is 13.7 Å². The summed E-state index contributed by atoms with van der Waals surface area (Å²) in [4.78, 5) is 24.6. The Morgan fingerprint density at radius 3 is 2.61 bits per heavy atom. The van der Waals surface area contributed by atoms with Crippen molar-refractivity contribution >= 4 is 11.6 Å². The summed E-state index contributed by atoms with van der Waals surface area (Å²) in [5.74, 6) is -0.866. The molecule has 0 heterocycles. The number of alkyl halides is 1. The lowest BCUT2D eigenvalue weighted by Gasteiger charge is -2.63. The number of halogens is 1. The summed E-state index contributed by atoms with van der Waals surface area (Å²) in [6, 6.07) is 0. The van der Waals surface area contributed by atoms with Crippen LogP contribution in [-0.4, -0.2) is 52.9 Å². The van der Waals surface area contributed by atoms with Crippen molar-refractivity contribution in [2.24, 2.45) is 22.7 Å². The average molecular weight is 394 g/mol. The van der Waals surface area contributed by atoms with Gasteiger partial charge in [0.25, 0.3) is 0 Å².